The average molecular weight is 250 g/mol. The standard InChI is InChI=1S/C12H12ClN3O/c1-8(17)11-12(14)15-7-16(11)6-9-2-4-10(13)5-3-9/h2-5,7H,6,14H2,1H3. The molecule has 0 aliphatic rings. The van der Waals surface area contributed by atoms with E-state index in [-0.39, 0.29) is 11.6 Å². The molecule has 2 rings (SSSR count). The van der Waals surface area contributed by atoms with Gasteiger partial charge in [-0.05, 0) is 17.7 Å². The van der Waals surface area contributed by atoms with Gasteiger partial charge < -0.3 is 10.3 Å². The topological polar surface area (TPSA) is 60.9 Å². The Balaban J connectivity index is 2.30. The van der Waals surface area contributed by atoms with E-state index in [2.05, 4.69) is 4.98 Å². The van der Waals surface area contributed by atoms with Crippen LogP contribution < -0.4 is 5.73 Å². The molecule has 0 fully saturated rings. The van der Waals surface area contributed by atoms with Gasteiger partial charge in [0, 0.05) is 18.5 Å². The number of Topliss-reactive ketones (excluding diaryl/α,β-unsaturated/α-hetero) is 1. The summed E-state index contributed by atoms with van der Waals surface area (Å²) in [5.41, 5.74) is 7.13. The molecule has 1 heterocycles. The molecule has 1 aromatic carbocycles. The normalized spacial score (nSPS) is 10.5. The molecule has 0 radical (unpaired) electrons. The van der Waals surface area contributed by atoms with Crippen LogP contribution in [0.3, 0.4) is 0 Å². The predicted octanol–water partition coefficient (Wildman–Crippen LogP) is 2.37. The fourth-order valence-electron chi connectivity index (χ4n) is 1.69. The van der Waals surface area contributed by atoms with E-state index in [1.54, 1.807) is 10.9 Å². The minimum Gasteiger partial charge on any atom is -0.382 e. The van der Waals surface area contributed by atoms with Crippen molar-refractivity contribution in [2.45, 2.75) is 13.5 Å². The number of hydrogen-bond donors (Lipinski definition) is 1. The number of ketones is 1. The van der Waals surface area contributed by atoms with Crippen molar-refractivity contribution in [3.05, 3.63) is 46.9 Å². The third kappa shape index (κ3) is 2.47. The molecule has 88 valence electrons. The van der Waals surface area contributed by atoms with E-state index in [0.717, 1.165) is 5.56 Å². The molecule has 0 saturated carbocycles. The zero-order valence-corrected chi connectivity index (χ0v) is 10.1. The summed E-state index contributed by atoms with van der Waals surface area (Å²) in [6, 6.07) is 7.43. The molecule has 4 nitrogen and oxygen atoms in total. The van der Waals surface area contributed by atoms with E-state index < -0.39 is 0 Å². The second kappa shape index (κ2) is 4.59. The van der Waals surface area contributed by atoms with E-state index in [9.17, 15) is 4.79 Å². The highest BCUT2D eigenvalue weighted by atomic mass is 35.5. The van der Waals surface area contributed by atoms with Gasteiger partial charge in [-0.2, -0.15) is 0 Å². The van der Waals surface area contributed by atoms with Crippen LogP contribution >= 0.6 is 11.6 Å². The maximum atomic E-state index is 11.4. The van der Waals surface area contributed by atoms with Crippen molar-refractivity contribution in [2.24, 2.45) is 0 Å². The summed E-state index contributed by atoms with van der Waals surface area (Å²) in [5.74, 6) is 0.181. The molecular formula is C12H12ClN3O. The Hall–Kier alpha value is -1.81. The minimum absolute atomic E-state index is 0.0889. The molecule has 0 amide bonds. The van der Waals surface area contributed by atoms with Gasteiger partial charge in [0.1, 0.15) is 5.69 Å². The largest absolute Gasteiger partial charge is 0.382 e. The number of carbonyl (C=O) groups is 1. The summed E-state index contributed by atoms with van der Waals surface area (Å²) < 4.78 is 1.74. The lowest BCUT2D eigenvalue weighted by molar-refractivity contribution is 0.101. The highest BCUT2D eigenvalue weighted by molar-refractivity contribution is 6.30. The number of aromatic nitrogens is 2. The first-order valence-corrected chi connectivity index (χ1v) is 5.51. The van der Waals surface area contributed by atoms with Crippen LogP contribution in [0.25, 0.3) is 0 Å². The van der Waals surface area contributed by atoms with E-state index in [0.29, 0.717) is 17.3 Å². The molecule has 0 unspecified atom stereocenters. The van der Waals surface area contributed by atoms with Crippen LogP contribution in [0.2, 0.25) is 5.02 Å². The first-order chi connectivity index (χ1) is 8.08. The number of halogens is 1. The second-order valence-electron chi connectivity index (χ2n) is 3.79. The third-order valence-electron chi connectivity index (χ3n) is 2.47. The Morgan fingerprint density at radius 3 is 2.65 bits per heavy atom. The highest BCUT2D eigenvalue weighted by Gasteiger charge is 2.12. The van der Waals surface area contributed by atoms with Crippen molar-refractivity contribution >= 4 is 23.2 Å². The Bertz CT molecular complexity index is 545. The summed E-state index contributed by atoms with van der Waals surface area (Å²) in [5, 5.41) is 0.686. The number of anilines is 1. The van der Waals surface area contributed by atoms with Crippen molar-refractivity contribution in [2.75, 3.05) is 5.73 Å². The van der Waals surface area contributed by atoms with Crippen molar-refractivity contribution in [1.29, 1.82) is 0 Å². The van der Waals surface area contributed by atoms with Crippen LogP contribution in [-0.2, 0) is 6.54 Å². The monoisotopic (exact) mass is 249 g/mol. The zero-order chi connectivity index (χ0) is 12.4. The van der Waals surface area contributed by atoms with Crippen molar-refractivity contribution in [1.82, 2.24) is 9.55 Å². The number of hydrogen-bond acceptors (Lipinski definition) is 3. The smallest absolute Gasteiger partial charge is 0.179 e. The number of benzene rings is 1. The molecular weight excluding hydrogens is 238 g/mol. The predicted molar refractivity (Wildman–Crippen MR) is 67.2 cm³/mol. The van der Waals surface area contributed by atoms with Crippen LogP contribution in [-0.4, -0.2) is 15.3 Å². The van der Waals surface area contributed by atoms with E-state index in [1.807, 2.05) is 24.3 Å². The minimum atomic E-state index is -0.0889. The SMILES string of the molecule is CC(=O)c1c(N)ncn1Cc1ccc(Cl)cc1. The molecule has 0 atom stereocenters. The maximum absolute atomic E-state index is 11.4. The third-order valence-corrected chi connectivity index (χ3v) is 2.72. The van der Waals surface area contributed by atoms with Gasteiger partial charge in [-0.3, -0.25) is 4.79 Å². The summed E-state index contributed by atoms with van der Waals surface area (Å²) in [6.07, 6.45) is 1.57. The van der Waals surface area contributed by atoms with Crippen LogP contribution in [0, 0.1) is 0 Å². The molecule has 5 heteroatoms. The number of nitrogen functional groups attached to an aromatic ring is 1. The van der Waals surface area contributed by atoms with Crippen LogP contribution in [0.15, 0.2) is 30.6 Å². The molecule has 1 aromatic heterocycles. The maximum Gasteiger partial charge on any atom is 0.179 e. The van der Waals surface area contributed by atoms with Gasteiger partial charge in [-0.1, -0.05) is 23.7 Å². The van der Waals surface area contributed by atoms with E-state index >= 15 is 0 Å². The number of carbonyl (C=O) groups excluding carboxylic acids is 1. The van der Waals surface area contributed by atoms with Gasteiger partial charge in [0.15, 0.2) is 11.6 Å². The van der Waals surface area contributed by atoms with Crippen LogP contribution in [0.5, 0.6) is 0 Å². The lowest BCUT2D eigenvalue weighted by atomic mass is 10.2. The van der Waals surface area contributed by atoms with Gasteiger partial charge >= 0.3 is 0 Å². The molecule has 0 bridgehead atoms. The average Bonchev–Trinajstić information content (AvgIpc) is 2.63. The highest BCUT2D eigenvalue weighted by Crippen LogP contribution is 2.15. The molecule has 0 aliphatic heterocycles. The van der Waals surface area contributed by atoms with Gasteiger partial charge in [0.25, 0.3) is 0 Å². The number of imidazole rings is 1. The zero-order valence-electron chi connectivity index (χ0n) is 9.35. The molecule has 0 saturated heterocycles. The van der Waals surface area contributed by atoms with Gasteiger partial charge in [-0.15, -0.1) is 0 Å². The van der Waals surface area contributed by atoms with Crippen molar-refractivity contribution in [3.8, 4) is 0 Å². The molecule has 17 heavy (non-hydrogen) atoms. The number of nitrogens with two attached hydrogens (primary N) is 1. The van der Waals surface area contributed by atoms with Crippen LogP contribution in [0.1, 0.15) is 23.0 Å². The van der Waals surface area contributed by atoms with E-state index in [4.69, 9.17) is 17.3 Å². The summed E-state index contributed by atoms with van der Waals surface area (Å²) in [4.78, 5) is 15.4. The Morgan fingerprint density at radius 2 is 2.06 bits per heavy atom. The first-order valence-electron chi connectivity index (χ1n) is 5.14. The fraction of sp³-hybridized carbons (Fsp3) is 0.167. The van der Waals surface area contributed by atoms with Gasteiger partial charge in [0.2, 0.25) is 0 Å². The summed E-state index contributed by atoms with van der Waals surface area (Å²) in [7, 11) is 0. The number of nitrogens with zero attached hydrogens (tertiary/aromatic N) is 2. The Kier molecular flexibility index (Phi) is 3.15. The molecule has 2 N–H and O–H groups in total. The second-order valence-corrected chi connectivity index (χ2v) is 4.23. The van der Waals surface area contributed by atoms with Gasteiger partial charge in [-0.25, -0.2) is 4.98 Å². The van der Waals surface area contributed by atoms with Crippen LogP contribution in [0.4, 0.5) is 5.82 Å². The first kappa shape index (κ1) is 11.7. The Morgan fingerprint density at radius 1 is 1.41 bits per heavy atom. The molecule has 0 aliphatic carbocycles. The Labute approximate surface area is 104 Å². The van der Waals surface area contributed by atoms with Crippen molar-refractivity contribution < 1.29 is 4.79 Å². The van der Waals surface area contributed by atoms with Crippen molar-refractivity contribution in [3.63, 3.8) is 0 Å². The number of rotatable bonds is 3. The summed E-state index contributed by atoms with van der Waals surface area (Å²) >= 11 is 5.81. The van der Waals surface area contributed by atoms with E-state index in [1.165, 1.54) is 6.92 Å². The fourth-order valence-corrected chi connectivity index (χ4v) is 1.81. The summed E-state index contributed by atoms with van der Waals surface area (Å²) in [6.45, 7) is 2.03. The van der Waals surface area contributed by atoms with Gasteiger partial charge in [0.05, 0.1) is 6.33 Å². The quantitative estimate of drug-likeness (QED) is 0.850. The lowest BCUT2D eigenvalue weighted by Gasteiger charge is -2.06. The lowest BCUT2D eigenvalue weighted by Crippen LogP contribution is -2.08. The molecule has 2 aromatic rings. The molecule has 0 spiro atoms.